The van der Waals surface area contributed by atoms with Crippen molar-refractivity contribution in [1.82, 2.24) is 5.32 Å². The molecule has 0 bridgehead atoms. The molecular weight excluding hydrogens is 184 g/mol. The lowest BCUT2D eigenvalue weighted by molar-refractivity contribution is 0.239. The number of rotatable bonds is 4. The fourth-order valence-electron chi connectivity index (χ4n) is 2.09. The molecule has 1 aliphatic rings. The summed E-state index contributed by atoms with van der Waals surface area (Å²) < 4.78 is 0. The van der Waals surface area contributed by atoms with E-state index < -0.39 is 0 Å². The number of nitrogens with one attached hydrogen (secondary N) is 1. The van der Waals surface area contributed by atoms with Crippen molar-refractivity contribution in [2.24, 2.45) is 5.73 Å². The van der Waals surface area contributed by atoms with Gasteiger partial charge >= 0.3 is 0 Å². The Bertz CT molecular complexity index is 329. The zero-order valence-electron chi connectivity index (χ0n) is 9.42. The SMILES string of the molecule is Cc1cccc(CNCC2(N)CCC2)c1. The van der Waals surface area contributed by atoms with Gasteiger partial charge in [0.05, 0.1) is 0 Å². The van der Waals surface area contributed by atoms with E-state index in [2.05, 4.69) is 36.5 Å². The third-order valence-electron chi connectivity index (χ3n) is 3.24. The highest BCUT2D eigenvalue weighted by Gasteiger charge is 2.31. The van der Waals surface area contributed by atoms with Crippen molar-refractivity contribution in [2.75, 3.05) is 6.54 Å². The minimum Gasteiger partial charge on any atom is -0.324 e. The third-order valence-corrected chi connectivity index (χ3v) is 3.24. The normalized spacial score (nSPS) is 18.5. The number of aryl methyl sites for hydroxylation is 1. The van der Waals surface area contributed by atoms with E-state index in [4.69, 9.17) is 5.73 Å². The predicted octanol–water partition coefficient (Wildman–Crippen LogP) is 1.97. The first-order chi connectivity index (χ1) is 7.18. The van der Waals surface area contributed by atoms with Gasteiger partial charge in [-0.15, -0.1) is 0 Å². The Morgan fingerprint density at radius 3 is 2.80 bits per heavy atom. The molecule has 15 heavy (non-hydrogen) atoms. The van der Waals surface area contributed by atoms with Crippen LogP contribution >= 0.6 is 0 Å². The van der Waals surface area contributed by atoms with Crippen LogP contribution in [0.4, 0.5) is 0 Å². The first-order valence-electron chi connectivity index (χ1n) is 5.73. The molecule has 2 nitrogen and oxygen atoms in total. The van der Waals surface area contributed by atoms with Gasteiger partial charge in [-0.05, 0) is 31.7 Å². The van der Waals surface area contributed by atoms with Crippen molar-refractivity contribution >= 4 is 0 Å². The van der Waals surface area contributed by atoms with Crippen molar-refractivity contribution < 1.29 is 0 Å². The van der Waals surface area contributed by atoms with Crippen LogP contribution in [0.25, 0.3) is 0 Å². The number of benzene rings is 1. The minimum absolute atomic E-state index is 0.0871. The summed E-state index contributed by atoms with van der Waals surface area (Å²) in [6.07, 6.45) is 3.64. The second-order valence-corrected chi connectivity index (χ2v) is 4.81. The van der Waals surface area contributed by atoms with Gasteiger partial charge in [0.25, 0.3) is 0 Å². The second kappa shape index (κ2) is 4.33. The topological polar surface area (TPSA) is 38.0 Å². The average molecular weight is 204 g/mol. The van der Waals surface area contributed by atoms with Gasteiger partial charge in [-0.2, -0.15) is 0 Å². The Kier molecular flexibility index (Phi) is 3.08. The molecular formula is C13H20N2. The van der Waals surface area contributed by atoms with Gasteiger partial charge in [-0.25, -0.2) is 0 Å². The smallest absolute Gasteiger partial charge is 0.0281 e. The molecule has 0 amide bonds. The summed E-state index contributed by atoms with van der Waals surface area (Å²) in [6.45, 7) is 4.00. The first kappa shape index (κ1) is 10.7. The van der Waals surface area contributed by atoms with Crippen LogP contribution in [-0.2, 0) is 6.54 Å². The second-order valence-electron chi connectivity index (χ2n) is 4.81. The summed E-state index contributed by atoms with van der Waals surface area (Å²) in [4.78, 5) is 0. The van der Waals surface area contributed by atoms with E-state index in [1.165, 1.54) is 30.4 Å². The molecule has 0 aliphatic heterocycles. The molecule has 82 valence electrons. The van der Waals surface area contributed by atoms with Crippen LogP contribution in [0.5, 0.6) is 0 Å². The molecule has 0 unspecified atom stereocenters. The Morgan fingerprint density at radius 1 is 1.40 bits per heavy atom. The zero-order valence-corrected chi connectivity index (χ0v) is 9.42. The highest BCUT2D eigenvalue weighted by Crippen LogP contribution is 2.28. The Balaban J connectivity index is 1.78. The van der Waals surface area contributed by atoms with Crippen LogP contribution in [0.2, 0.25) is 0 Å². The van der Waals surface area contributed by atoms with Crippen LogP contribution in [0, 0.1) is 6.92 Å². The zero-order chi connectivity index (χ0) is 10.7. The van der Waals surface area contributed by atoms with Crippen molar-refractivity contribution in [3.63, 3.8) is 0 Å². The molecule has 0 aromatic heterocycles. The molecule has 0 heterocycles. The first-order valence-corrected chi connectivity index (χ1v) is 5.73. The monoisotopic (exact) mass is 204 g/mol. The van der Waals surface area contributed by atoms with E-state index in [9.17, 15) is 0 Å². The van der Waals surface area contributed by atoms with Crippen molar-refractivity contribution in [3.8, 4) is 0 Å². The van der Waals surface area contributed by atoms with Gasteiger partial charge in [0.15, 0.2) is 0 Å². The molecule has 1 saturated carbocycles. The van der Waals surface area contributed by atoms with Gasteiger partial charge < -0.3 is 11.1 Å². The highest BCUT2D eigenvalue weighted by atomic mass is 14.9. The maximum absolute atomic E-state index is 6.13. The van der Waals surface area contributed by atoms with Crippen LogP contribution in [0.15, 0.2) is 24.3 Å². The molecule has 1 aromatic rings. The maximum atomic E-state index is 6.13. The number of hydrogen-bond acceptors (Lipinski definition) is 2. The Hall–Kier alpha value is -0.860. The summed E-state index contributed by atoms with van der Waals surface area (Å²) in [5.74, 6) is 0. The maximum Gasteiger partial charge on any atom is 0.0281 e. The summed E-state index contributed by atoms with van der Waals surface area (Å²) in [6, 6.07) is 8.61. The van der Waals surface area contributed by atoms with Gasteiger partial charge in [0.1, 0.15) is 0 Å². The van der Waals surface area contributed by atoms with Gasteiger partial charge in [0.2, 0.25) is 0 Å². The lowest BCUT2D eigenvalue weighted by atomic mass is 9.78. The van der Waals surface area contributed by atoms with E-state index in [1.807, 2.05) is 0 Å². The van der Waals surface area contributed by atoms with Gasteiger partial charge in [-0.3, -0.25) is 0 Å². The summed E-state index contributed by atoms with van der Waals surface area (Å²) in [7, 11) is 0. The van der Waals surface area contributed by atoms with E-state index >= 15 is 0 Å². The van der Waals surface area contributed by atoms with Gasteiger partial charge in [-0.1, -0.05) is 29.8 Å². The third kappa shape index (κ3) is 2.80. The van der Waals surface area contributed by atoms with E-state index in [1.54, 1.807) is 0 Å². The average Bonchev–Trinajstić information content (AvgIpc) is 2.15. The molecule has 0 spiro atoms. The van der Waals surface area contributed by atoms with E-state index in [-0.39, 0.29) is 5.54 Å². The lowest BCUT2D eigenvalue weighted by Crippen LogP contribution is -2.53. The highest BCUT2D eigenvalue weighted by molar-refractivity contribution is 5.22. The van der Waals surface area contributed by atoms with E-state index in [0.29, 0.717) is 0 Å². The van der Waals surface area contributed by atoms with Crippen molar-refractivity contribution in [2.45, 2.75) is 38.3 Å². The molecule has 1 aliphatic carbocycles. The van der Waals surface area contributed by atoms with Crippen molar-refractivity contribution in [1.29, 1.82) is 0 Å². The van der Waals surface area contributed by atoms with Crippen LogP contribution < -0.4 is 11.1 Å². The molecule has 3 N–H and O–H groups in total. The Morgan fingerprint density at radius 2 is 2.20 bits per heavy atom. The fraction of sp³-hybridized carbons (Fsp3) is 0.538. The van der Waals surface area contributed by atoms with E-state index in [0.717, 1.165) is 13.1 Å². The molecule has 2 rings (SSSR count). The van der Waals surface area contributed by atoms with Crippen LogP contribution in [0.1, 0.15) is 30.4 Å². The van der Waals surface area contributed by atoms with Crippen LogP contribution in [0.3, 0.4) is 0 Å². The molecule has 1 aromatic carbocycles. The fourth-order valence-corrected chi connectivity index (χ4v) is 2.09. The number of nitrogens with two attached hydrogens (primary N) is 1. The molecule has 0 atom stereocenters. The Labute approximate surface area is 91.9 Å². The number of hydrogen-bond donors (Lipinski definition) is 2. The van der Waals surface area contributed by atoms with Crippen LogP contribution in [-0.4, -0.2) is 12.1 Å². The standard InChI is InChI=1S/C13H20N2/c1-11-4-2-5-12(8-11)9-15-10-13(14)6-3-7-13/h2,4-5,8,15H,3,6-7,9-10,14H2,1H3. The molecule has 0 saturated heterocycles. The predicted molar refractivity (Wildman–Crippen MR) is 63.7 cm³/mol. The molecule has 0 radical (unpaired) electrons. The summed E-state index contributed by atoms with van der Waals surface area (Å²) in [5, 5.41) is 3.45. The largest absolute Gasteiger partial charge is 0.324 e. The van der Waals surface area contributed by atoms with Gasteiger partial charge in [0, 0.05) is 18.6 Å². The molecule has 2 heteroatoms. The quantitative estimate of drug-likeness (QED) is 0.787. The molecule has 1 fully saturated rings. The summed E-state index contributed by atoms with van der Waals surface area (Å²) in [5.41, 5.74) is 8.89. The minimum atomic E-state index is 0.0871. The lowest BCUT2D eigenvalue weighted by Gasteiger charge is -2.38. The van der Waals surface area contributed by atoms with Crippen molar-refractivity contribution in [3.05, 3.63) is 35.4 Å². The summed E-state index contributed by atoms with van der Waals surface area (Å²) >= 11 is 0.